The fourth-order valence-corrected chi connectivity index (χ4v) is 1.88. The van der Waals surface area contributed by atoms with Gasteiger partial charge in [-0.25, -0.2) is 0 Å². The summed E-state index contributed by atoms with van der Waals surface area (Å²) in [5.74, 6) is 0.400. The highest BCUT2D eigenvalue weighted by atomic mass is 19.4. The van der Waals surface area contributed by atoms with Gasteiger partial charge in [0.25, 0.3) is 0 Å². The number of pyridine rings is 1. The molecule has 0 N–H and O–H groups in total. The number of aromatic nitrogens is 1. The van der Waals surface area contributed by atoms with Crippen LogP contribution in [-0.2, 0) is 6.18 Å². The third kappa shape index (κ3) is 2.19. The number of fused-ring (bicyclic) bond motifs is 1. The number of hydrogen-bond donors (Lipinski definition) is 0. The quantitative estimate of drug-likeness (QED) is 0.612. The van der Waals surface area contributed by atoms with Crippen LogP contribution in [0.2, 0.25) is 0 Å². The summed E-state index contributed by atoms with van der Waals surface area (Å²) in [4.78, 5) is 0. The minimum absolute atomic E-state index is 0.400. The Labute approximate surface area is 106 Å². The lowest BCUT2D eigenvalue weighted by molar-refractivity contribution is -0.513. The van der Waals surface area contributed by atoms with Gasteiger partial charge in [-0.15, -0.1) is 4.40 Å². The van der Waals surface area contributed by atoms with Crippen molar-refractivity contribution in [3.8, 4) is 11.3 Å². The van der Waals surface area contributed by atoms with E-state index < -0.39 is 11.7 Å². The van der Waals surface area contributed by atoms with E-state index in [0.717, 1.165) is 12.1 Å². The molecule has 2 aromatic heterocycles. The van der Waals surface area contributed by atoms with Gasteiger partial charge in [0.15, 0.2) is 6.20 Å². The molecule has 0 spiro atoms. The monoisotopic (exact) mass is 264 g/mol. The zero-order valence-electron chi connectivity index (χ0n) is 9.69. The number of nitrogens with zero attached hydrogens (tertiary/aromatic N) is 1. The molecule has 0 radical (unpaired) electrons. The predicted molar refractivity (Wildman–Crippen MR) is 62.3 cm³/mol. The molecule has 96 valence electrons. The van der Waals surface area contributed by atoms with Crippen LogP contribution < -0.4 is 4.40 Å². The van der Waals surface area contributed by atoms with E-state index in [4.69, 9.17) is 4.42 Å². The van der Waals surface area contributed by atoms with Gasteiger partial charge in [-0.3, -0.25) is 0 Å². The predicted octanol–water partition coefficient (Wildman–Crippen LogP) is 3.70. The number of alkyl halides is 3. The highest BCUT2D eigenvalue weighted by molar-refractivity contribution is 5.58. The molecule has 0 unspecified atom stereocenters. The topological polar surface area (TPSA) is 17.2 Å². The largest absolute Gasteiger partial charge is 0.416 e. The summed E-state index contributed by atoms with van der Waals surface area (Å²) in [6.45, 7) is 0. The van der Waals surface area contributed by atoms with E-state index in [1.807, 2.05) is 6.07 Å². The lowest BCUT2D eigenvalue weighted by atomic mass is 10.1. The van der Waals surface area contributed by atoms with Crippen molar-refractivity contribution in [1.82, 2.24) is 0 Å². The molecule has 5 heteroatoms. The Balaban J connectivity index is 2.11. The molecule has 1 aromatic carbocycles. The Morgan fingerprint density at radius 3 is 2.58 bits per heavy atom. The Morgan fingerprint density at radius 2 is 1.84 bits per heavy atom. The average Bonchev–Trinajstić information content (AvgIpc) is 2.81. The maximum absolute atomic E-state index is 12.7. The SMILES string of the molecule is FC(F)(F)c1cccc(-c2c[n+]3ccccc3o2)c1. The molecule has 0 saturated heterocycles. The van der Waals surface area contributed by atoms with Crippen LogP contribution in [0.15, 0.2) is 59.3 Å². The Bertz CT molecular complexity index is 698. The lowest BCUT2D eigenvalue weighted by Gasteiger charge is -2.06. The molecule has 0 fully saturated rings. The molecule has 0 atom stereocenters. The van der Waals surface area contributed by atoms with Crippen molar-refractivity contribution in [2.75, 3.05) is 0 Å². The second kappa shape index (κ2) is 4.12. The second-order valence-corrected chi connectivity index (χ2v) is 4.12. The van der Waals surface area contributed by atoms with Crippen molar-refractivity contribution in [1.29, 1.82) is 0 Å². The number of hydrogen-bond acceptors (Lipinski definition) is 1. The van der Waals surface area contributed by atoms with Crippen molar-refractivity contribution in [2.24, 2.45) is 0 Å². The van der Waals surface area contributed by atoms with Gasteiger partial charge >= 0.3 is 11.9 Å². The van der Waals surface area contributed by atoms with Crippen LogP contribution in [0.4, 0.5) is 13.2 Å². The van der Waals surface area contributed by atoms with E-state index in [2.05, 4.69) is 0 Å². The fourth-order valence-electron chi connectivity index (χ4n) is 1.88. The lowest BCUT2D eigenvalue weighted by Crippen LogP contribution is -2.15. The molecule has 3 rings (SSSR count). The van der Waals surface area contributed by atoms with Gasteiger partial charge < -0.3 is 4.42 Å². The summed E-state index contributed by atoms with van der Waals surface area (Å²) in [6, 6.07) is 10.4. The normalized spacial score (nSPS) is 11.9. The summed E-state index contributed by atoms with van der Waals surface area (Å²) >= 11 is 0. The Hall–Kier alpha value is -2.30. The van der Waals surface area contributed by atoms with Crippen LogP contribution in [-0.4, -0.2) is 0 Å². The first kappa shape index (κ1) is 11.8. The molecule has 0 aliphatic heterocycles. The van der Waals surface area contributed by atoms with Gasteiger partial charge in [-0.05, 0) is 18.2 Å². The van der Waals surface area contributed by atoms with Gasteiger partial charge in [-0.2, -0.15) is 13.2 Å². The fraction of sp³-hybridized carbons (Fsp3) is 0.0714. The maximum Gasteiger partial charge on any atom is 0.416 e. The standard InChI is InChI=1S/C14H9F3NO/c15-14(16,17)11-5-3-4-10(8-11)12-9-18-7-2-1-6-13(18)19-12/h1-9H/q+1. The van der Waals surface area contributed by atoms with Crippen LogP contribution in [0, 0.1) is 0 Å². The van der Waals surface area contributed by atoms with Gasteiger partial charge in [0, 0.05) is 11.6 Å². The highest BCUT2D eigenvalue weighted by Crippen LogP contribution is 2.32. The summed E-state index contributed by atoms with van der Waals surface area (Å²) in [5, 5.41) is 0. The van der Waals surface area contributed by atoms with E-state index >= 15 is 0 Å². The van der Waals surface area contributed by atoms with Crippen molar-refractivity contribution in [2.45, 2.75) is 6.18 Å². The van der Waals surface area contributed by atoms with Crippen LogP contribution >= 0.6 is 0 Å². The summed E-state index contributed by atoms with van der Waals surface area (Å²) in [7, 11) is 0. The van der Waals surface area contributed by atoms with Crippen molar-refractivity contribution >= 4 is 5.71 Å². The maximum atomic E-state index is 12.7. The van der Waals surface area contributed by atoms with Crippen LogP contribution in [0.5, 0.6) is 0 Å². The number of benzene rings is 1. The van der Waals surface area contributed by atoms with Crippen LogP contribution in [0.1, 0.15) is 5.56 Å². The molecule has 2 nitrogen and oxygen atoms in total. The van der Waals surface area contributed by atoms with E-state index in [1.54, 1.807) is 35.0 Å². The van der Waals surface area contributed by atoms with Crippen LogP contribution in [0.3, 0.4) is 0 Å². The molecule has 0 aliphatic carbocycles. The molecule has 3 aromatic rings. The molecular formula is C14H9F3NO+. The summed E-state index contributed by atoms with van der Waals surface area (Å²) < 4.78 is 45.2. The molecule has 2 heterocycles. The first-order valence-corrected chi connectivity index (χ1v) is 5.61. The molecular weight excluding hydrogens is 255 g/mol. The Morgan fingerprint density at radius 1 is 1.00 bits per heavy atom. The number of halogens is 3. The van der Waals surface area contributed by atoms with Crippen molar-refractivity contribution < 1.29 is 22.0 Å². The minimum atomic E-state index is -4.35. The first-order chi connectivity index (χ1) is 9.04. The van der Waals surface area contributed by atoms with Gasteiger partial charge in [0.05, 0.1) is 11.6 Å². The van der Waals surface area contributed by atoms with Crippen molar-refractivity contribution in [3.05, 3.63) is 60.4 Å². The van der Waals surface area contributed by atoms with Gasteiger partial charge in [-0.1, -0.05) is 12.1 Å². The first-order valence-electron chi connectivity index (χ1n) is 5.61. The van der Waals surface area contributed by atoms with Crippen LogP contribution in [0.25, 0.3) is 17.0 Å². The van der Waals surface area contributed by atoms with Gasteiger partial charge in [0.2, 0.25) is 12.0 Å². The molecule has 0 aliphatic rings. The third-order valence-electron chi connectivity index (χ3n) is 2.80. The Kier molecular flexibility index (Phi) is 2.55. The summed E-state index contributed by atoms with van der Waals surface area (Å²) in [6.07, 6.45) is -0.921. The summed E-state index contributed by atoms with van der Waals surface area (Å²) in [5.41, 5.74) is 0.295. The van der Waals surface area contributed by atoms with E-state index in [-0.39, 0.29) is 0 Å². The molecule has 0 saturated carbocycles. The smallest absolute Gasteiger partial charge is 0.398 e. The third-order valence-corrected chi connectivity index (χ3v) is 2.80. The zero-order valence-corrected chi connectivity index (χ0v) is 9.69. The van der Waals surface area contributed by atoms with Gasteiger partial charge in [0.1, 0.15) is 0 Å². The number of rotatable bonds is 1. The second-order valence-electron chi connectivity index (χ2n) is 4.12. The van der Waals surface area contributed by atoms with E-state index in [9.17, 15) is 13.2 Å². The van der Waals surface area contributed by atoms with Crippen molar-refractivity contribution in [3.63, 3.8) is 0 Å². The average molecular weight is 264 g/mol. The minimum Gasteiger partial charge on any atom is -0.398 e. The number of oxazole rings is 1. The highest BCUT2D eigenvalue weighted by Gasteiger charge is 2.30. The zero-order chi connectivity index (χ0) is 13.5. The van der Waals surface area contributed by atoms with E-state index in [0.29, 0.717) is 17.0 Å². The molecule has 0 bridgehead atoms. The molecule has 19 heavy (non-hydrogen) atoms. The van der Waals surface area contributed by atoms with E-state index in [1.165, 1.54) is 6.07 Å². The molecule has 0 amide bonds.